The molecule has 21 heavy (non-hydrogen) atoms. The van der Waals surface area contributed by atoms with Crippen molar-refractivity contribution in [1.29, 1.82) is 0 Å². The maximum Gasteiger partial charge on any atom is 0.309 e. The van der Waals surface area contributed by atoms with Crippen LogP contribution in [-0.2, 0) is 18.3 Å². The van der Waals surface area contributed by atoms with E-state index in [1.165, 1.54) is 5.56 Å². The van der Waals surface area contributed by atoms with E-state index in [2.05, 4.69) is 13.8 Å². The van der Waals surface area contributed by atoms with Crippen LogP contribution in [0.3, 0.4) is 0 Å². The molecule has 0 saturated carbocycles. The minimum absolute atomic E-state index is 0.0872. The van der Waals surface area contributed by atoms with Crippen molar-refractivity contribution in [3.63, 3.8) is 0 Å². The molecule has 1 aromatic heterocycles. The molecule has 1 heterocycles. The molecule has 4 nitrogen and oxygen atoms in total. The Kier molecular flexibility index (Phi) is 4.26. The van der Waals surface area contributed by atoms with E-state index >= 15 is 0 Å². The summed E-state index contributed by atoms with van der Waals surface area (Å²) in [6.07, 6.45) is -0.0872. The number of ketones is 1. The molecule has 2 aromatic rings. The number of rotatable bonds is 5. The Balaban J connectivity index is 2.27. The second-order valence-electron chi connectivity index (χ2n) is 5.45. The van der Waals surface area contributed by atoms with Crippen molar-refractivity contribution in [2.45, 2.75) is 26.2 Å². The first kappa shape index (κ1) is 15.0. The highest BCUT2D eigenvalue weighted by Gasteiger charge is 2.16. The van der Waals surface area contributed by atoms with E-state index in [1.807, 2.05) is 24.3 Å². The number of carbonyl (C=O) groups excluding carboxylic acids is 1. The normalized spacial score (nSPS) is 10.9. The van der Waals surface area contributed by atoms with E-state index in [1.54, 1.807) is 23.7 Å². The van der Waals surface area contributed by atoms with Crippen LogP contribution < -0.4 is 0 Å². The zero-order valence-electron chi connectivity index (χ0n) is 12.5. The molecule has 0 aliphatic carbocycles. The number of nitrogens with zero attached hydrogens (tertiary/aromatic N) is 1. The van der Waals surface area contributed by atoms with Gasteiger partial charge in [-0.15, -0.1) is 0 Å². The van der Waals surface area contributed by atoms with Gasteiger partial charge in [-0.1, -0.05) is 38.1 Å². The van der Waals surface area contributed by atoms with Gasteiger partial charge in [-0.2, -0.15) is 0 Å². The van der Waals surface area contributed by atoms with Crippen molar-refractivity contribution < 1.29 is 14.7 Å². The summed E-state index contributed by atoms with van der Waals surface area (Å²) in [5.41, 5.74) is 2.92. The second kappa shape index (κ2) is 5.95. The molecular weight excluding hydrogens is 266 g/mol. The smallest absolute Gasteiger partial charge is 0.309 e. The first-order valence-corrected chi connectivity index (χ1v) is 6.91. The van der Waals surface area contributed by atoms with Crippen LogP contribution in [0.1, 0.15) is 47.1 Å². The number of carboxylic acids is 1. The lowest BCUT2D eigenvalue weighted by molar-refractivity contribution is -0.136. The number of aliphatic carboxylic acids is 1. The summed E-state index contributed by atoms with van der Waals surface area (Å²) in [5, 5.41) is 8.84. The van der Waals surface area contributed by atoms with Crippen molar-refractivity contribution in [2.24, 2.45) is 7.05 Å². The van der Waals surface area contributed by atoms with E-state index in [0.29, 0.717) is 22.9 Å². The molecule has 0 bridgehead atoms. The van der Waals surface area contributed by atoms with Crippen LogP contribution in [0, 0.1) is 0 Å². The minimum Gasteiger partial charge on any atom is -0.481 e. The summed E-state index contributed by atoms with van der Waals surface area (Å²) >= 11 is 0. The van der Waals surface area contributed by atoms with E-state index in [-0.39, 0.29) is 12.2 Å². The first-order chi connectivity index (χ1) is 9.90. The van der Waals surface area contributed by atoms with Crippen molar-refractivity contribution in [1.82, 2.24) is 4.57 Å². The molecule has 0 atom stereocenters. The van der Waals surface area contributed by atoms with Gasteiger partial charge in [0.25, 0.3) is 0 Å². The van der Waals surface area contributed by atoms with Gasteiger partial charge in [-0.05, 0) is 23.6 Å². The predicted octanol–water partition coefficient (Wildman–Crippen LogP) is 3.01. The molecule has 0 aliphatic rings. The lowest BCUT2D eigenvalue weighted by Gasteiger charge is -2.08. The highest BCUT2D eigenvalue weighted by molar-refractivity contribution is 6.08. The van der Waals surface area contributed by atoms with Gasteiger partial charge >= 0.3 is 5.97 Å². The number of benzene rings is 1. The monoisotopic (exact) mass is 285 g/mol. The third-order valence-electron chi connectivity index (χ3n) is 3.63. The Morgan fingerprint density at radius 2 is 1.71 bits per heavy atom. The predicted molar refractivity (Wildman–Crippen MR) is 80.7 cm³/mol. The van der Waals surface area contributed by atoms with Gasteiger partial charge in [0.1, 0.15) is 0 Å². The molecule has 0 amide bonds. The average molecular weight is 285 g/mol. The van der Waals surface area contributed by atoms with Gasteiger partial charge in [0.05, 0.1) is 12.1 Å². The minimum atomic E-state index is -0.906. The fraction of sp³-hybridized carbons (Fsp3) is 0.294. The number of carboxylic acid groups (broad SMARTS) is 1. The van der Waals surface area contributed by atoms with Gasteiger partial charge in [-0.25, -0.2) is 0 Å². The van der Waals surface area contributed by atoms with E-state index in [0.717, 1.165) is 0 Å². The molecule has 0 fully saturated rings. The van der Waals surface area contributed by atoms with Gasteiger partial charge in [0.2, 0.25) is 5.78 Å². The molecule has 2 rings (SSSR count). The van der Waals surface area contributed by atoms with Gasteiger partial charge in [-0.3, -0.25) is 9.59 Å². The highest BCUT2D eigenvalue weighted by atomic mass is 16.4. The quantitative estimate of drug-likeness (QED) is 0.859. The summed E-state index contributed by atoms with van der Waals surface area (Å²) in [5.74, 6) is -0.577. The average Bonchev–Trinajstić information content (AvgIpc) is 2.79. The number of carbonyl (C=O) groups is 2. The molecular formula is C17H19NO3. The fourth-order valence-corrected chi connectivity index (χ4v) is 2.28. The van der Waals surface area contributed by atoms with Crippen LogP contribution in [0.25, 0.3) is 0 Å². The summed E-state index contributed by atoms with van der Waals surface area (Å²) in [6.45, 7) is 4.21. The number of aromatic nitrogens is 1. The Hall–Kier alpha value is -2.36. The van der Waals surface area contributed by atoms with Gasteiger partial charge in [0.15, 0.2) is 0 Å². The summed E-state index contributed by atoms with van der Waals surface area (Å²) in [7, 11) is 1.72. The molecule has 4 heteroatoms. The number of hydrogen-bond acceptors (Lipinski definition) is 2. The highest BCUT2D eigenvalue weighted by Crippen LogP contribution is 2.18. The zero-order valence-corrected chi connectivity index (χ0v) is 12.5. The standard InChI is InChI=1S/C17H19NO3/c1-11(2)12-4-6-13(7-5-12)17(21)15-9-8-14(18(15)3)10-16(19)20/h4-9,11H,10H2,1-3H3,(H,19,20). The summed E-state index contributed by atoms with van der Waals surface area (Å²) in [6, 6.07) is 10.9. The molecule has 1 N–H and O–H groups in total. The van der Waals surface area contributed by atoms with Crippen LogP contribution in [-0.4, -0.2) is 21.4 Å². The van der Waals surface area contributed by atoms with Gasteiger partial charge < -0.3 is 9.67 Å². The maximum absolute atomic E-state index is 12.5. The Labute approximate surface area is 124 Å². The topological polar surface area (TPSA) is 59.3 Å². The van der Waals surface area contributed by atoms with Crippen molar-refractivity contribution in [3.05, 3.63) is 58.9 Å². The third-order valence-corrected chi connectivity index (χ3v) is 3.63. The fourth-order valence-electron chi connectivity index (χ4n) is 2.28. The maximum atomic E-state index is 12.5. The molecule has 0 spiro atoms. The third kappa shape index (κ3) is 3.21. The molecule has 0 unspecified atom stereocenters. The molecule has 1 aromatic carbocycles. The number of hydrogen-bond donors (Lipinski definition) is 1. The summed E-state index contributed by atoms with van der Waals surface area (Å²) < 4.78 is 1.65. The summed E-state index contributed by atoms with van der Waals surface area (Å²) in [4.78, 5) is 23.3. The lowest BCUT2D eigenvalue weighted by Crippen LogP contribution is -2.11. The molecule has 0 aliphatic heterocycles. The van der Waals surface area contributed by atoms with Crippen LogP contribution in [0.15, 0.2) is 36.4 Å². The van der Waals surface area contributed by atoms with Crippen molar-refractivity contribution in [3.8, 4) is 0 Å². The Morgan fingerprint density at radius 3 is 2.24 bits per heavy atom. The van der Waals surface area contributed by atoms with E-state index in [4.69, 9.17) is 5.11 Å². The SMILES string of the molecule is CC(C)c1ccc(C(=O)c2ccc(CC(=O)O)n2C)cc1. The van der Waals surface area contributed by atoms with E-state index in [9.17, 15) is 9.59 Å². The van der Waals surface area contributed by atoms with E-state index < -0.39 is 5.97 Å². The first-order valence-electron chi connectivity index (χ1n) is 6.91. The van der Waals surface area contributed by atoms with Gasteiger partial charge in [0, 0.05) is 18.3 Å². The molecule has 0 radical (unpaired) electrons. The van der Waals surface area contributed by atoms with Crippen LogP contribution in [0.2, 0.25) is 0 Å². The zero-order chi connectivity index (χ0) is 15.6. The largest absolute Gasteiger partial charge is 0.481 e. The Morgan fingerprint density at radius 1 is 1.10 bits per heavy atom. The molecule has 110 valence electrons. The van der Waals surface area contributed by atoms with Crippen molar-refractivity contribution in [2.75, 3.05) is 0 Å². The van der Waals surface area contributed by atoms with Crippen molar-refractivity contribution >= 4 is 11.8 Å². The lowest BCUT2D eigenvalue weighted by atomic mass is 10.00. The van der Waals surface area contributed by atoms with Crippen LogP contribution in [0.5, 0.6) is 0 Å². The second-order valence-corrected chi connectivity index (χ2v) is 5.45. The van der Waals surface area contributed by atoms with Crippen LogP contribution >= 0.6 is 0 Å². The Bertz CT molecular complexity index is 666. The molecule has 0 saturated heterocycles. The van der Waals surface area contributed by atoms with Crippen LogP contribution in [0.4, 0.5) is 0 Å².